The van der Waals surface area contributed by atoms with Crippen molar-refractivity contribution in [2.75, 3.05) is 0 Å². The molecule has 0 aliphatic rings. The zero-order valence-electron chi connectivity index (χ0n) is 7.34. The largest absolute Gasteiger partial charge is 0.281 e. The van der Waals surface area contributed by atoms with Crippen LogP contribution in [0.3, 0.4) is 0 Å². The normalized spacial score (nSPS) is 9.73. The van der Waals surface area contributed by atoms with Crippen LogP contribution in [0.1, 0.15) is 23.2 Å². The van der Waals surface area contributed by atoms with Gasteiger partial charge in [0.15, 0.2) is 0 Å². The smallest absolute Gasteiger partial charge is 0.253 e. The number of nitrogens with zero attached hydrogens (tertiary/aromatic N) is 3. The molecule has 0 atom stereocenters. The standard InChI is InChI=1S/C9H4ClF2N3/c10-7-5(1-2-13)4-15-8(9(11)12)6(7)3-14/h4,9H,1H2. The van der Waals surface area contributed by atoms with E-state index >= 15 is 0 Å². The fourth-order valence-electron chi connectivity index (χ4n) is 1.02. The molecule has 0 N–H and O–H groups in total. The van der Waals surface area contributed by atoms with Gasteiger partial charge in [0.25, 0.3) is 6.43 Å². The molecule has 0 saturated carbocycles. The van der Waals surface area contributed by atoms with E-state index in [1.54, 1.807) is 12.1 Å². The Kier molecular flexibility index (Phi) is 3.54. The molecule has 15 heavy (non-hydrogen) atoms. The molecule has 3 nitrogen and oxygen atoms in total. The summed E-state index contributed by atoms with van der Waals surface area (Å²) in [6.45, 7) is 0. The fourth-order valence-corrected chi connectivity index (χ4v) is 1.28. The summed E-state index contributed by atoms with van der Waals surface area (Å²) in [5.74, 6) is 0. The molecule has 76 valence electrons. The molecular formula is C9H4ClF2N3. The van der Waals surface area contributed by atoms with Gasteiger partial charge in [0, 0.05) is 11.8 Å². The highest BCUT2D eigenvalue weighted by Gasteiger charge is 2.19. The van der Waals surface area contributed by atoms with Crippen LogP contribution in [-0.4, -0.2) is 4.98 Å². The van der Waals surface area contributed by atoms with Crippen molar-refractivity contribution >= 4 is 11.6 Å². The van der Waals surface area contributed by atoms with Gasteiger partial charge in [-0.15, -0.1) is 0 Å². The van der Waals surface area contributed by atoms with Crippen LogP contribution in [0, 0.1) is 22.7 Å². The number of nitriles is 2. The first-order valence-electron chi connectivity index (χ1n) is 3.84. The lowest BCUT2D eigenvalue weighted by molar-refractivity contribution is 0.145. The molecule has 1 heterocycles. The minimum Gasteiger partial charge on any atom is -0.253 e. The molecule has 6 heteroatoms. The summed E-state index contributed by atoms with van der Waals surface area (Å²) in [5.41, 5.74) is -0.733. The Hall–Kier alpha value is -1.72. The number of aromatic nitrogens is 1. The Bertz CT molecular complexity index is 460. The number of alkyl halides is 2. The number of halogens is 3. The topological polar surface area (TPSA) is 60.5 Å². The lowest BCUT2D eigenvalue weighted by Gasteiger charge is -2.06. The summed E-state index contributed by atoms with van der Waals surface area (Å²) >= 11 is 5.69. The Morgan fingerprint density at radius 3 is 2.60 bits per heavy atom. The van der Waals surface area contributed by atoms with Crippen LogP contribution in [0.15, 0.2) is 6.20 Å². The number of hydrogen-bond donors (Lipinski definition) is 0. The van der Waals surface area contributed by atoms with Gasteiger partial charge in [0.2, 0.25) is 0 Å². The molecule has 0 amide bonds. The van der Waals surface area contributed by atoms with E-state index in [9.17, 15) is 8.78 Å². The third kappa shape index (κ3) is 2.20. The molecule has 0 saturated heterocycles. The second kappa shape index (κ2) is 4.68. The number of rotatable bonds is 2. The molecule has 0 spiro atoms. The SMILES string of the molecule is N#CCc1cnc(C(F)F)c(C#N)c1Cl. The minimum atomic E-state index is -2.85. The monoisotopic (exact) mass is 227 g/mol. The van der Waals surface area contributed by atoms with Crippen LogP contribution in [-0.2, 0) is 6.42 Å². The van der Waals surface area contributed by atoms with Crippen LogP contribution in [0.5, 0.6) is 0 Å². The highest BCUT2D eigenvalue weighted by Crippen LogP contribution is 2.28. The van der Waals surface area contributed by atoms with Gasteiger partial charge in [0.05, 0.1) is 23.1 Å². The predicted molar refractivity (Wildman–Crippen MR) is 48.2 cm³/mol. The van der Waals surface area contributed by atoms with Crippen molar-refractivity contribution in [3.05, 3.63) is 28.0 Å². The van der Waals surface area contributed by atoms with Gasteiger partial charge >= 0.3 is 0 Å². The molecule has 0 aliphatic heterocycles. The maximum atomic E-state index is 12.4. The Balaban J connectivity index is 3.36. The molecule has 1 aromatic heterocycles. The average Bonchev–Trinajstić information content (AvgIpc) is 2.20. The lowest BCUT2D eigenvalue weighted by Crippen LogP contribution is -1.99. The molecule has 0 fully saturated rings. The van der Waals surface area contributed by atoms with Crippen LogP contribution < -0.4 is 0 Å². The summed E-state index contributed by atoms with van der Waals surface area (Å²) < 4.78 is 24.7. The van der Waals surface area contributed by atoms with E-state index in [0.29, 0.717) is 0 Å². The Morgan fingerprint density at radius 1 is 1.47 bits per heavy atom. The molecule has 0 bridgehead atoms. The van der Waals surface area contributed by atoms with Crippen molar-refractivity contribution in [1.82, 2.24) is 4.98 Å². The predicted octanol–water partition coefficient (Wildman–Crippen LogP) is 2.61. The van der Waals surface area contributed by atoms with Gasteiger partial charge in [0.1, 0.15) is 11.8 Å². The first-order chi connectivity index (χ1) is 7.11. The van der Waals surface area contributed by atoms with Crippen LogP contribution in [0.2, 0.25) is 5.02 Å². The first kappa shape index (κ1) is 11.4. The van der Waals surface area contributed by atoms with Crippen molar-refractivity contribution in [2.24, 2.45) is 0 Å². The van der Waals surface area contributed by atoms with Crippen LogP contribution >= 0.6 is 11.6 Å². The van der Waals surface area contributed by atoms with Gasteiger partial charge < -0.3 is 0 Å². The maximum Gasteiger partial charge on any atom is 0.281 e. The second-order valence-corrected chi connectivity index (χ2v) is 2.98. The van der Waals surface area contributed by atoms with Crippen molar-refractivity contribution in [3.8, 4) is 12.1 Å². The van der Waals surface area contributed by atoms with E-state index in [1.807, 2.05) is 0 Å². The summed E-state index contributed by atoms with van der Waals surface area (Å²) in [4.78, 5) is 3.42. The second-order valence-electron chi connectivity index (χ2n) is 2.61. The Labute approximate surface area is 89.5 Å². The van der Waals surface area contributed by atoms with Crippen molar-refractivity contribution in [3.63, 3.8) is 0 Å². The van der Waals surface area contributed by atoms with E-state index in [-0.39, 0.29) is 22.6 Å². The third-order valence-electron chi connectivity index (χ3n) is 1.71. The molecule has 1 rings (SSSR count). The maximum absolute atomic E-state index is 12.4. The number of pyridine rings is 1. The van der Waals surface area contributed by atoms with Crippen molar-refractivity contribution in [1.29, 1.82) is 10.5 Å². The Morgan fingerprint density at radius 2 is 2.13 bits per heavy atom. The van der Waals surface area contributed by atoms with E-state index < -0.39 is 12.1 Å². The van der Waals surface area contributed by atoms with Gasteiger partial charge in [-0.05, 0) is 0 Å². The summed E-state index contributed by atoms with van der Waals surface area (Å²) in [7, 11) is 0. The molecule has 0 aliphatic carbocycles. The van der Waals surface area contributed by atoms with Gasteiger partial charge in [-0.2, -0.15) is 10.5 Å². The van der Waals surface area contributed by atoms with Gasteiger partial charge in [-0.25, -0.2) is 8.78 Å². The summed E-state index contributed by atoms with van der Waals surface area (Å²) in [5, 5.41) is 16.9. The number of hydrogen-bond acceptors (Lipinski definition) is 3. The zero-order chi connectivity index (χ0) is 11.4. The van der Waals surface area contributed by atoms with E-state index in [2.05, 4.69) is 4.98 Å². The summed E-state index contributed by atoms with van der Waals surface area (Å²) in [6, 6.07) is 3.36. The quantitative estimate of drug-likeness (QED) is 0.780. The highest BCUT2D eigenvalue weighted by molar-refractivity contribution is 6.32. The average molecular weight is 228 g/mol. The van der Waals surface area contributed by atoms with Crippen molar-refractivity contribution < 1.29 is 8.78 Å². The first-order valence-corrected chi connectivity index (χ1v) is 4.22. The lowest BCUT2D eigenvalue weighted by atomic mass is 10.1. The molecule has 1 aromatic rings. The van der Waals surface area contributed by atoms with E-state index in [1.165, 1.54) is 0 Å². The molecule has 0 aromatic carbocycles. The fraction of sp³-hybridized carbons (Fsp3) is 0.222. The van der Waals surface area contributed by atoms with Crippen molar-refractivity contribution in [2.45, 2.75) is 12.8 Å². The summed E-state index contributed by atoms with van der Waals surface area (Å²) in [6.07, 6.45) is -1.83. The van der Waals surface area contributed by atoms with Crippen LogP contribution in [0.25, 0.3) is 0 Å². The highest BCUT2D eigenvalue weighted by atomic mass is 35.5. The van der Waals surface area contributed by atoms with Gasteiger partial charge in [-0.1, -0.05) is 11.6 Å². The van der Waals surface area contributed by atoms with E-state index in [4.69, 9.17) is 22.1 Å². The van der Waals surface area contributed by atoms with E-state index in [0.717, 1.165) is 6.20 Å². The zero-order valence-corrected chi connectivity index (χ0v) is 8.09. The molecule has 0 unspecified atom stereocenters. The van der Waals surface area contributed by atoms with Gasteiger partial charge in [-0.3, -0.25) is 4.98 Å². The molecule has 0 radical (unpaired) electrons. The third-order valence-corrected chi connectivity index (χ3v) is 2.14. The minimum absolute atomic E-state index is 0.0654. The molecular weight excluding hydrogens is 224 g/mol. The van der Waals surface area contributed by atoms with Crippen LogP contribution in [0.4, 0.5) is 8.78 Å².